The van der Waals surface area contributed by atoms with Crippen LogP contribution in [0.2, 0.25) is 0 Å². The van der Waals surface area contributed by atoms with Crippen LogP contribution < -0.4 is 0 Å². The van der Waals surface area contributed by atoms with E-state index in [4.69, 9.17) is 5.11 Å². The minimum Gasteiger partial charge on any atom is -0.504 e. The van der Waals surface area contributed by atoms with Crippen molar-refractivity contribution in [3.63, 3.8) is 0 Å². The summed E-state index contributed by atoms with van der Waals surface area (Å²) in [5.74, 6) is -0.225. The normalized spacial score (nSPS) is 10.4. The highest BCUT2D eigenvalue weighted by molar-refractivity contribution is 7.14. The fourth-order valence-electron chi connectivity index (χ4n) is 1.14. The molecule has 0 saturated heterocycles. The summed E-state index contributed by atoms with van der Waals surface area (Å²) < 4.78 is 0. The zero-order valence-electron chi connectivity index (χ0n) is 7.56. The Morgan fingerprint density at radius 1 is 1.21 bits per heavy atom. The van der Waals surface area contributed by atoms with E-state index in [1.165, 1.54) is 12.1 Å². The van der Waals surface area contributed by atoms with Crippen LogP contribution in [-0.2, 0) is 0 Å². The van der Waals surface area contributed by atoms with Crippen molar-refractivity contribution in [1.29, 1.82) is 0 Å². The number of hydrogen-bond donors (Lipinski definition) is 2. The number of hydrogen-bond acceptors (Lipinski definition) is 4. The third kappa shape index (κ3) is 1.56. The van der Waals surface area contributed by atoms with Crippen LogP contribution in [0.1, 0.15) is 4.88 Å². The molecule has 1 aromatic carbocycles. The summed E-state index contributed by atoms with van der Waals surface area (Å²) in [5.41, 5.74) is 0.818. The predicted octanol–water partition coefficient (Wildman–Crippen LogP) is 2.53. The molecule has 0 radical (unpaired) electrons. The maximum Gasteiger partial charge on any atom is 0.158 e. The second-order valence-electron chi connectivity index (χ2n) is 2.98. The molecule has 2 N–H and O–H groups in total. The highest BCUT2D eigenvalue weighted by atomic mass is 32.1. The molecular weight excluding hydrogens is 198 g/mol. The highest BCUT2D eigenvalue weighted by Gasteiger charge is 2.05. The second kappa shape index (κ2) is 3.31. The Hall–Kier alpha value is -1.55. The maximum absolute atomic E-state index is 9.30. The van der Waals surface area contributed by atoms with Gasteiger partial charge in [-0.25, -0.2) is 4.98 Å². The first kappa shape index (κ1) is 9.02. The molecule has 0 aliphatic heterocycles. The fourth-order valence-corrected chi connectivity index (χ4v) is 1.91. The van der Waals surface area contributed by atoms with Crippen molar-refractivity contribution in [3.8, 4) is 22.1 Å². The van der Waals surface area contributed by atoms with E-state index >= 15 is 0 Å². The Morgan fingerprint density at radius 3 is 2.57 bits per heavy atom. The maximum atomic E-state index is 9.30. The number of aromatic hydroxyl groups is 2. The second-order valence-corrected chi connectivity index (χ2v) is 4.21. The largest absolute Gasteiger partial charge is 0.504 e. The van der Waals surface area contributed by atoms with Gasteiger partial charge in [0.1, 0.15) is 5.01 Å². The molecule has 0 saturated carbocycles. The number of aromatic nitrogens is 1. The molecule has 2 aromatic rings. The Bertz CT molecular complexity index is 465. The molecule has 0 aliphatic rings. The van der Waals surface area contributed by atoms with E-state index in [9.17, 15) is 5.11 Å². The van der Waals surface area contributed by atoms with Gasteiger partial charge in [0, 0.05) is 16.6 Å². The van der Waals surface area contributed by atoms with Crippen LogP contribution in [-0.4, -0.2) is 15.2 Å². The van der Waals surface area contributed by atoms with E-state index in [1.807, 2.05) is 6.92 Å². The van der Waals surface area contributed by atoms with Gasteiger partial charge in [0.05, 0.1) is 0 Å². The zero-order chi connectivity index (χ0) is 10.1. The van der Waals surface area contributed by atoms with E-state index in [1.54, 1.807) is 23.6 Å². The molecule has 0 atom stereocenters. The van der Waals surface area contributed by atoms with Crippen LogP contribution in [0.5, 0.6) is 11.5 Å². The standard InChI is InChI=1S/C10H9NO2S/c1-6-5-11-10(14-6)7-2-3-8(12)9(13)4-7/h2-5,12-13H,1H3. The molecule has 1 aromatic heterocycles. The van der Waals surface area contributed by atoms with Gasteiger partial charge in [-0.15, -0.1) is 11.3 Å². The van der Waals surface area contributed by atoms with Gasteiger partial charge in [0.2, 0.25) is 0 Å². The van der Waals surface area contributed by atoms with Crippen LogP contribution in [0.25, 0.3) is 10.6 Å². The van der Waals surface area contributed by atoms with Crippen molar-refractivity contribution < 1.29 is 10.2 Å². The lowest BCUT2D eigenvalue weighted by atomic mass is 10.2. The number of nitrogens with zero attached hydrogens (tertiary/aromatic N) is 1. The number of phenols is 2. The van der Waals surface area contributed by atoms with Crippen molar-refractivity contribution in [2.45, 2.75) is 6.92 Å². The van der Waals surface area contributed by atoms with E-state index in [0.717, 1.165) is 15.4 Å². The lowest BCUT2D eigenvalue weighted by Gasteiger charge is -1.99. The molecular formula is C10H9NO2S. The molecule has 0 aliphatic carbocycles. The number of rotatable bonds is 1. The van der Waals surface area contributed by atoms with Gasteiger partial charge in [0.15, 0.2) is 11.5 Å². The topological polar surface area (TPSA) is 53.4 Å². The van der Waals surface area contributed by atoms with Crippen LogP contribution in [0.3, 0.4) is 0 Å². The Balaban J connectivity index is 2.47. The smallest absolute Gasteiger partial charge is 0.158 e. The number of benzene rings is 1. The summed E-state index contributed by atoms with van der Waals surface area (Å²) >= 11 is 1.55. The van der Waals surface area contributed by atoms with Gasteiger partial charge < -0.3 is 10.2 Å². The molecule has 1 heterocycles. The first-order chi connectivity index (χ1) is 6.66. The Labute approximate surface area is 85.3 Å². The third-order valence-electron chi connectivity index (χ3n) is 1.84. The average molecular weight is 207 g/mol. The predicted molar refractivity (Wildman–Crippen MR) is 55.6 cm³/mol. The summed E-state index contributed by atoms with van der Waals surface area (Å²) in [6.07, 6.45) is 1.78. The van der Waals surface area contributed by atoms with E-state index in [2.05, 4.69) is 4.98 Å². The first-order valence-corrected chi connectivity index (χ1v) is 4.93. The SMILES string of the molecule is Cc1cnc(-c2ccc(O)c(O)c2)s1. The molecule has 72 valence electrons. The molecule has 3 nitrogen and oxygen atoms in total. The number of phenolic OH excluding ortho intramolecular Hbond substituents is 2. The summed E-state index contributed by atoms with van der Waals surface area (Å²) in [7, 11) is 0. The quantitative estimate of drug-likeness (QED) is 0.706. The molecule has 0 fully saturated rings. The summed E-state index contributed by atoms with van der Waals surface area (Å²) in [4.78, 5) is 5.30. The van der Waals surface area contributed by atoms with Crippen molar-refractivity contribution >= 4 is 11.3 Å². The highest BCUT2D eigenvalue weighted by Crippen LogP contribution is 2.32. The Morgan fingerprint density at radius 2 is 2.00 bits per heavy atom. The molecule has 2 rings (SSSR count). The number of aryl methyl sites for hydroxylation is 1. The molecule has 0 spiro atoms. The summed E-state index contributed by atoms with van der Waals surface area (Å²) in [5, 5.41) is 19.3. The molecule has 0 bridgehead atoms. The van der Waals surface area contributed by atoms with Crippen molar-refractivity contribution in [2.75, 3.05) is 0 Å². The van der Waals surface area contributed by atoms with E-state index in [-0.39, 0.29) is 11.5 Å². The molecule has 14 heavy (non-hydrogen) atoms. The van der Waals surface area contributed by atoms with E-state index < -0.39 is 0 Å². The third-order valence-corrected chi connectivity index (χ3v) is 2.81. The van der Waals surface area contributed by atoms with Gasteiger partial charge in [-0.1, -0.05) is 0 Å². The van der Waals surface area contributed by atoms with Gasteiger partial charge >= 0.3 is 0 Å². The fraction of sp³-hybridized carbons (Fsp3) is 0.100. The Kier molecular flexibility index (Phi) is 2.13. The average Bonchev–Trinajstić information content (AvgIpc) is 2.57. The van der Waals surface area contributed by atoms with Gasteiger partial charge in [-0.05, 0) is 25.1 Å². The summed E-state index contributed by atoms with van der Waals surface area (Å²) in [6, 6.07) is 4.70. The van der Waals surface area contributed by atoms with Crippen molar-refractivity contribution in [2.24, 2.45) is 0 Å². The van der Waals surface area contributed by atoms with Gasteiger partial charge in [-0.2, -0.15) is 0 Å². The van der Waals surface area contributed by atoms with Crippen LogP contribution in [0.4, 0.5) is 0 Å². The number of thiazole rings is 1. The van der Waals surface area contributed by atoms with Crippen molar-refractivity contribution in [3.05, 3.63) is 29.3 Å². The van der Waals surface area contributed by atoms with Crippen molar-refractivity contribution in [1.82, 2.24) is 4.98 Å². The van der Waals surface area contributed by atoms with Crippen LogP contribution >= 0.6 is 11.3 Å². The minimum atomic E-state index is -0.115. The van der Waals surface area contributed by atoms with Crippen LogP contribution in [0.15, 0.2) is 24.4 Å². The molecule has 0 amide bonds. The molecule has 0 unspecified atom stereocenters. The summed E-state index contributed by atoms with van der Waals surface area (Å²) in [6.45, 7) is 1.97. The van der Waals surface area contributed by atoms with E-state index in [0.29, 0.717) is 0 Å². The lowest BCUT2D eigenvalue weighted by molar-refractivity contribution is 0.404. The zero-order valence-corrected chi connectivity index (χ0v) is 8.38. The monoisotopic (exact) mass is 207 g/mol. The van der Waals surface area contributed by atoms with Gasteiger partial charge in [-0.3, -0.25) is 0 Å². The first-order valence-electron chi connectivity index (χ1n) is 4.11. The van der Waals surface area contributed by atoms with Crippen LogP contribution in [0, 0.1) is 6.92 Å². The molecule has 4 heteroatoms. The lowest BCUT2D eigenvalue weighted by Crippen LogP contribution is -1.75. The minimum absolute atomic E-state index is 0.109. The van der Waals surface area contributed by atoms with Gasteiger partial charge in [0.25, 0.3) is 0 Å².